The summed E-state index contributed by atoms with van der Waals surface area (Å²) in [4.78, 5) is 28.4. The average Bonchev–Trinajstić information content (AvgIpc) is 3.40. The molecule has 5 rings (SSSR count). The van der Waals surface area contributed by atoms with Gasteiger partial charge in [0.2, 0.25) is 5.95 Å². The van der Waals surface area contributed by atoms with E-state index >= 15 is 0 Å². The minimum Gasteiger partial charge on any atom is -0.351 e. The summed E-state index contributed by atoms with van der Waals surface area (Å²) in [6.45, 7) is 0.843. The van der Waals surface area contributed by atoms with E-state index in [9.17, 15) is 4.79 Å². The molecule has 0 aliphatic rings. The van der Waals surface area contributed by atoms with Crippen molar-refractivity contribution in [3.8, 4) is 22.6 Å². The zero-order valence-corrected chi connectivity index (χ0v) is 20.1. The van der Waals surface area contributed by atoms with E-state index in [2.05, 4.69) is 32.7 Å². The van der Waals surface area contributed by atoms with Crippen molar-refractivity contribution in [2.45, 2.75) is 6.54 Å². The number of imidazole rings is 1. The zero-order valence-electron chi connectivity index (χ0n) is 19.3. The molecule has 0 saturated carbocycles. The number of nitrogens with zero attached hydrogens (tertiary/aromatic N) is 5. The van der Waals surface area contributed by atoms with Crippen LogP contribution in [0.5, 0.6) is 0 Å². The van der Waals surface area contributed by atoms with E-state index in [-0.39, 0.29) is 0 Å². The molecular weight excluding hydrogens is 460 g/mol. The molecule has 2 aromatic carbocycles. The first kappa shape index (κ1) is 22.5. The number of primary amides is 1. The quantitative estimate of drug-likeness (QED) is 0.305. The maximum atomic E-state index is 11.3. The van der Waals surface area contributed by atoms with Crippen molar-refractivity contribution in [3.05, 3.63) is 77.9 Å². The summed E-state index contributed by atoms with van der Waals surface area (Å²) in [5, 5.41) is 7.93. The average molecular weight is 485 g/mol. The number of amides is 2. The number of aromatic nitrogens is 4. The van der Waals surface area contributed by atoms with Crippen molar-refractivity contribution < 1.29 is 4.79 Å². The largest absolute Gasteiger partial charge is 0.351 e. The zero-order chi connectivity index (χ0) is 24.4. The Kier molecular flexibility index (Phi) is 6.13. The molecule has 0 bridgehead atoms. The fourth-order valence-electron chi connectivity index (χ4n) is 3.91. The molecule has 0 saturated heterocycles. The molecule has 3 heterocycles. The van der Waals surface area contributed by atoms with Gasteiger partial charge < -0.3 is 21.3 Å². The molecule has 35 heavy (non-hydrogen) atoms. The second-order valence-electron chi connectivity index (χ2n) is 8.26. The number of carbonyl (C=O) groups excluding carboxylic acids is 1. The van der Waals surface area contributed by atoms with E-state index in [0.717, 1.165) is 39.8 Å². The highest BCUT2D eigenvalue weighted by molar-refractivity contribution is 7.15. The summed E-state index contributed by atoms with van der Waals surface area (Å²) in [6.07, 6.45) is 3.70. The van der Waals surface area contributed by atoms with Crippen LogP contribution in [0.1, 0.15) is 5.56 Å². The molecule has 0 fully saturated rings. The third-order valence-corrected chi connectivity index (χ3v) is 6.00. The summed E-state index contributed by atoms with van der Waals surface area (Å²) in [5.74, 6) is 0.491. The highest BCUT2D eigenvalue weighted by Gasteiger charge is 2.19. The Morgan fingerprint density at radius 2 is 1.91 bits per heavy atom. The predicted molar refractivity (Wildman–Crippen MR) is 140 cm³/mol. The Balaban J connectivity index is 1.53. The summed E-state index contributed by atoms with van der Waals surface area (Å²) in [6, 6.07) is 16.9. The summed E-state index contributed by atoms with van der Waals surface area (Å²) >= 11 is 1.54. The van der Waals surface area contributed by atoms with Gasteiger partial charge in [0, 0.05) is 41.3 Å². The molecule has 0 spiro atoms. The number of hydrogen-bond acceptors (Lipinski definition) is 7. The van der Waals surface area contributed by atoms with Gasteiger partial charge in [0.05, 0.1) is 11.4 Å². The number of fused-ring (bicyclic) bond motifs is 1. The predicted octanol–water partition coefficient (Wildman–Crippen LogP) is 4.82. The number of nitrogens with two attached hydrogens (primary N) is 1. The number of thiazole rings is 1. The number of hydrogen-bond donors (Lipinski definition) is 3. The lowest BCUT2D eigenvalue weighted by atomic mass is 10.1. The van der Waals surface area contributed by atoms with Crippen LogP contribution in [0.25, 0.3) is 27.6 Å². The second-order valence-corrected chi connectivity index (χ2v) is 9.14. The van der Waals surface area contributed by atoms with Gasteiger partial charge in [0.15, 0.2) is 4.96 Å². The fraction of sp³-hybridized carbons (Fsp3) is 0.120. The molecular formula is C25H24N8OS. The van der Waals surface area contributed by atoms with Gasteiger partial charge in [-0.15, -0.1) is 11.3 Å². The Morgan fingerprint density at radius 3 is 2.74 bits per heavy atom. The van der Waals surface area contributed by atoms with E-state index in [1.165, 1.54) is 16.9 Å². The van der Waals surface area contributed by atoms with Gasteiger partial charge in [0.25, 0.3) is 0 Å². The lowest BCUT2D eigenvalue weighted by Crippen LogP contribution is -2.19. The first-order chi connectivity index (χ1) is 17.0. The highest BCUT2D eigenvalue weighted by Crippen LogP contribution is 2.34. The molecule has 0 aliphatic carbocycles. The molecule has 176 valence electrons. The summed E-state index contributed by atoms with van der Waals surface area (Å²) in [7, 11) is 4.08. The van der Waals surface area contributed by atoms with Crippen molar-refractivity contribution in [2.75, 3.05) is 24.7 Å². The number of nitrogens with one attached hydrogen (secondary N) is 2. The van der Waals surface area contributed by atoms with E-state index < -0.39 is 6.03 Å². The molecule has 4 N–H and O–H groups in total. The number of rotatable bonds is 7. The van der Waals surface area contributed by atoms with Gasteiger partial charge in [-0.2, -0.15) is 0 Å². The molecule has 9 nitrogen and oxygen atoms in total. The van der Waals surface area contributed by atoms with Crippen LogP contribution in [0.2, 0.25) is 0 Å². The molecule has 10 heteroatoms. The lowest BCUT2D eigenvalue weighted by molar-refractivity contribution is 0.259. The number of carbonyl (C=O) groups is 1. The minimum absolute atomic E-state index is 0.491. The maximum Gasteiger partial charge on any atom is 0.316 e. The van der Waals surface area contributed by atoms with E-state index in [0.29, 0.717) is 11.6 Å². The molecule has 0 aliphatic heterocycles. The van der Waals surface area contributed by atoms with Crippen LogP contribution in [0.4, 0.5) is 22.1 Å². The Hall–Kier alpha value is -4.28. The number of anilines is 3. The Morgan fingerprint density at radius 1 is 1.09 bits per heavy atom. The number of benzene rings is 2. The van der Waals surface area contributed by atoms with Crippen LogP contribution < -0.4 is 16.4 Å². The van der Waals surface area contributed by atoms with Crippen LogP contribution in [0.3, 0.4) is 0 Å². The van der Waals surface area contributed by atoms with Crippen molar-refractivity contribution in [1.29, 1.82) is 0 Å². The first-order valence-electron chi connectivity index (χ1n) is 10.9. The SMILES string of the molecule is CN(C)Cc1cccc(Nc2nccc(-c3c(-c4cccc(NC(N)=O)c4)nc4sccn34)n2)c1. The van der Waals surface area contributed by atoms with Gasteiger partial charge in [-0.1, -0.05) is 24.3 Å². The standard InChI is InChI=1S/C25H24N8OS/c1-32(2)15-16-5-3-7-18(13-16)29-24-27-10-9-20(30-24)22-21(31-25-33(22)11-12-35-25)17-6-4-8-19(14-17)28-23(26)34/h3-14H,15H2,1-2H3,(H3,26,28,34)(H,27,29,30). The van der Waals surface area contributed by atoms with Crippen LogP contribution in [-0.2, 0) is 6.54 Å². The summed E-state index contributed by atoms with van der Waals surface area (Å²) in [5.41, 5.74) is 11.2. The Labute approximate surface area is 206 Å². The maximum absolute atomic E-state index is 11.3. The second kappa shape index (κ2) is 9.53. The van der Waals surface area contributed by atoms with Gasteiger partial charge >= 0.3 is 6.03 Å². The smallest absolute Gasteiger partial charge is 0.316 e. The molecule has 0 unspecified atom stereocenters. The topological polar surface area (TPSA) is 113 Å². The van der Waals surface area contributed by atoms with Crippen LogP contribution >= 0.6 is 11.3 Å². The van der Waals surface area contributed by atoms with Crippen LogP contribution in [0, 0.1) is 0 Å². The van der Waals surface area contributed by atoms with Gasteiger partial charge in [-0.25, -0.2) is 19.7 Å². The molecule has 2 amide bonds. The van der Waals surface area contributed by atoms with Crippen molar-refractivity contribution in [2.24, 2.45) is 5.73 Å². The van der Waals surface area contributed by atoms with Crippen LogP contribution in [-0.4, -0.2) is 44.4 Å². The van der Waals surface area contributed by atoms with Crippen molar-refractivity contribution in [1.82, 2.24) is 24.3 Å². The Bertz CT molecular complexity index is 1510. The first-order valence-corrected chi connectivity index (χ1v) is 11.8. The minimum atomic E-state index is -0.616. The summed E-state index contributed by atoms with van der Waals surface area (Å²) < 4.78 is 2.01. The normalized spacial score (nSPS) is 11.2. The van der Waals surface area contributed by atoms with E-state index in [1.807, 2.05) is 66.5 Å². The molecule has 0 atom stereocenters. The van der Waals surface area contributed by atoms with Crippen LogP contribution in [0.15, 0.2) is 72.4 Å². The molecule has 0 radical (unpaired) electrons. The lowest BCUT2D eigenvalue weighted by Gasteiger charge is -2.12. The third-order valence-electron chi connectivity index (χ3n) is 5.25. The van der Waals surface area contributed by atoms with Gasteiger partial charge in [-0.05, 0) is 50.0 Å². The monoisotopic (exact) mass is 484 g/mol. The highest BCUT2D eigenvalue weighted by atomic mass is 32.1. The van der Waals surface area contributed by atoms with Crippen molar-refractivity contribution in [3.63, 3.8) is 0 Å². The van der Waals surface area contributed by atoms with E-state index in [4.69, 9.17) is 15.7 Å². The van der Waals surface area contributed by atoms with E-state index in [1.54, 1.807) is 12.3 Å². The molecule has 5 aromatic rings. The third kappa shape index (κ3) is 4.98. The van der Waals surface area contributed by atoms with Gasteiger partial charge in [-0.3, -0.25) is 4.40 Å². The number of urea groups is 1. The van der Waals surface area contributed by atoms with Gasteiger partial charge in [0.1, 0.15) is 5.69 Å². The van der Waals surface area contributed by atoms with Crippen molar-refractivity contribution >= 4 is 39.7 Å². The fourth-order valence-corrected chi connectivity index (χ4v) is 4.62. The molecule has 3 aromatic heterocycles.